The summed E-state index contributed by atoms with van der Waals surface area (Å²) in [7, 11) is 0. The van der Waals surface area contributed by atoms with E-state index in [1.54, 1.807) is 0 Å². The Hall–Kier alpha value is -0.0800. The minimum Gasteiger partial charge on any atom is -0.350 e. The van der Waals surface area contributed by atoms with Crippen molar-refractivity contribution in [2.24, 2.45) is 11.8 Å². The van der Waals surface area contributed by atoms with Crippen LogP contribution in [-0.2, 0) is 9.47 Å². The van der Waals surface area contributed by atoms with Crippen LogP contribution >= 0.6 is 0 Å². The fourth-order valence-electron chi connectivity index (χ4n) is 1.70. The minimum absolute atomic E-state index is 0.0809. The van der Waals surface area contributed by atoms with Gasteiger partial charge in [-0.3, -0.25) is 0 Å². The van der Waals surface area contributed by atoms with E-state index < -0.39 is 0 Å². The summed E-state index contributed by atoms with van der Waals surface area (Å²) in [6.07, 6.45) is 2.37. The summed E-state index contributed by atoms with van der Waals surface area (Å²) in [5, 5.41) is 0. The Morgan fingerprint density at radius 3 is 2.25 bits per heavy atom. The summed E-state index contributed by atoms with van der Waals surface area (Å²) in [4.78, 5) is 0. The van der Waals surface area contributed by atoms with Gasteiger partial charge in [0.2, 0.25) is 0 Å². The molecule has 0 aromatic rings. The average molecular weight is 172 g/mol. The largest absolute Gasteiger partial charge is 0.350 e. The Morgan fingerprint density at radius 1 is 1.25 bits per heavy atom. The van der Waals surface area contributed by atoms with E-state index in [-0.39, 0.29) is 6.29 Å². The lowest BCUT2D eigenvalue weighted by atomic mass is 9.90. The topological polar surface area (TPSA) is 18.5 Å². The minimum atomic E-state index is 0.0809. The maximum absolute atomic E-state index is 5.41. The molecule has 0 aliphatic carbocycles. The molecule has 1 rings (SSSR count). The van der Waals surface area contributed by atoms with Gasteiger partial charge >= 0.3 is 0 Å². The monoisotopic (exact) mass is 172 g/mol. The van der Waals surface area contributed by atoms with Crippen molar-refractivity contribution < 1.29 is 9.47 Å². The van der Waals surface area contributed by atoms with Crippen molar-refractivity contribution in [1.82, 2.24) is 0 Å². The van der Waals surface area contributed by atoms with Crippen LogP contribution in [0.25, 0.3) is 0 Å². The molecule has 2 heteroatoms. The van der Waals surface area contributed by atoms with E-state index in [0.29, 0.717) is 0 Å². The van der Waals surface area contributed by atoms with Gasteiger partial charge < -0.3 is 9.47 Å². The summed E-state index contributed by atoms with van der Waals surface area (Å²) in [5.41, 5.74) is 0. The molecule has 0 radical (unpaired) electrons. The number of ether oxygens (including phenoxy) is 2. The highest BCUT2D eigenvalue weighted by atomic mass is 16.7. The van der Waals surface area contributed by atoms with E-state index in [2.05, 4.69) is 20.8 Å². The first-order valence-electron chi connectivity index (χ1n) is 4.97. The van der Waals surface area contributed by atoms with Gasteiger partial charge in [0, 0.05) is 6.42 Å². The molecule has 1 aliphatic heterocycles. The first kappa shape index (κ1) is 10.0. The van der Waals surface area contributed by atoms with Crippen LogP contribution in [-0.4, -0.2) is 19.5 Å². The molecule has 0 saturated carbocycles. The smallest absolute Gasteiger partial charge is 0.158 e. The molecular formula is C10H20O2. The van der Waals surface area contributed by atoms with Crippen LogP contribution in [0.1, 0.15) is 33.6 Å². The van der Waals surface area contributed by atoms with Crippen molar-refractivity contribution in [3.8, 4) is 0 Å². The highest BCUT2D eigenvalue weighted by molar-refractivity contribution is 4.65. The maximum atomic E-state index is 5.41. The predicted octanol–water partition coefficient (Wildman–Crippen LogP) is 2.43. The van der Waals surface area contributed by atoms with Crippen molar-refractivity contribution in [1.29, 1.82) is 0 Å². The molecular weight excluding hydrogens is 152 g/mol. The molecule has 1 fully saturated rings. The Kier molecular flexibility index (Phi) is 4.02. The van der Waals surface area contributed by atoms with Gasteiger partial charge in [-0.25, -0.2) is 0 Å². The van der Waals surface area contributed by atoms with Crippen molar-refractivity contribution in [2.45, 2.75) is 39.9 Å². The average Bonchev–Trinajstić information content (AvgIpc) is 2.51. The fourth-order valence-corrected chi connectivity index (χ4v) is 1.70. The molecule has 0 bridgehead atoms. The Bertz CT molecular complexity index is 117. The van der Waals surface area contributed by atoms with Crippen molar-refractivity contribution in [2.75, 3.05) is 13.2 Å². The van der Waals surface area contributed by atoms with Crippen LogP contribution in [0.15, 0.2) is 0 Å². The fraction of sp³-hybridized carbons (Fsp3) is 1.00. The SMILES string of the molecule is CCC(CC1OCCO1)C(C)C. The van der Waals surface area contributed by atoms with Gasteiger partial charge in [0.25, 0.3) is 0 Å². The molecule has 1 saturated heterocycles. The molecule has 0 aromatic carbocycles. The molecule has 0 N–H and O–H groups in total. The standard InChI is InChI=1S/C10H20O2/c1-4-9(8(2)3)7-10-11-5-6-12-10/h8-10H,4-7H2,1-3H3. The van der Waals surface area contributed by atoms with Crippen molar-refractivity contribution in [3.05, 3.63) is 0 Å². The summed E-state index contributed by atoms with van der Waals surface area (Å²) in [6, 6.07) is 0. The van der Waals surface area contributed by atoms with Crippen molar-refractivity contribution >= 4 is 0 Å². The van der Waals surface area contributed by atoms with Gasteiger partial charge in [0.15, 0.2) is 6.29 Å². The van der Waals surface area contributed by atoms with Crippen LogP contribution < -0.4 is 0 Å². The van der Waals surface area contributed by atoms with Gasteiger partial charge in [-0.05, 0) is 11.8 Å². The molecule has 0 aromatic heterocycles. The zero-order valence-corrected chi connectivity index (χ0v) is 8.38. The zero-order chi connectivity index (χ0) is 8.97. The van der Waals surface area contributed by atoms with Gasteiger partial charge in [0.05, 0.1) is 13.2 Å². The van der Waals surface area contributed by atoms with Crippen molar-refractivity contribution in [3.63, 3.8) is 0 Å². The molecule has 1 heterocycles. The number of rotatable bonds is 4. The third-order valence-electron chi connectivity index (χ3n) is 2.65. The van der Waals surface area contributed by atoms with Gasteiger partial charge in [-0.2, -0.15) is 0 Å². The normalized spacial score (nSPS) is 22.0. The molecule has 1 unspecified atom stereocenters. The summed E-state index contributed by atoms with van der Waals surface area (Å²) < 4.78 is 10.8. The quantitative estimate of drug-likeness (QED) is 0.648. The van der Waals surface area contributed by atoms with E-state index in [1.807, 2.05) is 0 Å². The lowest BCUT2D eigenvalue weighted by Gasteiger charge is -2.21. The first-order valence-corrected chi connectivity index (χ1v) is 4.97. The summed E-state index contributed by atoms with van der Waals surface area (Å²) in [6.45, 7) is 8.32. The van der Waals surface area contributed by atoms with E-state index in [4.69, 9.17) is 9.47 Å². The van der Waals surface area contributed by atoms with E-state index in [9.17, 15) is 0 Å². The Balaban J connectivity index is 2.26. The van der Waals surface area contributed by atoms with Crippen LogP contribution in [0.4, 0.5) is 0 Å². The second-order valence-electron chi connectivity index (χ2n) is 3.82. The summed E-state index contributed by atoms with van der Waals surface area (Å²) >= 11 is 0. The third kappa shape index (κ3) is 2.76. The molecule has 72 valence electrons. The Labute approximate surface area is 75.2 Å². The molecule has 12 heavy (non-hydrogen) atoms. The van der Waals surface area contributed by atoms with Crippen LogP contribution in [0.5, 0.6) is 0 Å². The van der Waals surface area contributed by atoms with E-state index >= 15 is 0 Å². The van der Waals surface area contributed by atoms with Gasteiger partial charge in [-0.15, -0.1) is 0 Å². The second kappa shape index (κ2) is 4.83. The maximum Gasteiger partial charge on any atom is 0.158 e. The van der Waals surface area contributed by atoms with Gasteiger partial charge in [-0.1, -0.05) is 27.2 Å². The zero-order valence-electron chi connectivity index (χ0n) is 8.38. The molecule has 1 aliphatic rings. The number of hydrogen-bond acceptors (Lipinski definition) is 2. The molecule has 0 amide bonds. The van der Waals surface area contributed by atoms with Gasteiger partial charge in [0.1, 0.15) is 0 Å². The highest BCUT2D eigenvalue weighted by Crippen LogP contribution is 2.23. The molecule has 2 nitrogen and oxygen atoms in total. The van der Waals surface area contributed by atoms with E-state index in [1.165, 1.54) is 6.42 Å². The molecule has 0 spiro atoms. The highest BCUT2D eigenvalue weighted by Gasteiger charge is 2.21. The summed E-state index contributed by atoms with van der Waals surface area (Å²) in [5.74, 6) is 1.48. The first-order chi connectivity index (χ1) is 5.74. The lowest BCUT2D eigenvalue weighted by molar-refractivity contribution is -0.0610. The Morgan fingerprint density at radius 2 is 1.83 bits per heavy atom. The lowest BCUT2D eigenvalue weighted by Crippen LogP contribution is -2.17. The van der Waals surface area contributed by atoms with Crippen LogP contribution in [0, 0.1) is 11.8 Å². The van der Waals surface area contributed by atoms with Crippen LogP contribution in [0.3, 0.4) is 0 Å². The second-order valence-corrected chi connectivity index (χ2v) is 3.82. The number of hydrogen-bond donors (Lipinski definition) is 0. The predicted molar refractivity (Wildman–Crippen MR) is 48.9 cm³/mol. The molecule has 1 atom stereocenters. The third-order valence-corrected chi connectivity index (χ3v) is 2.65. The van der Waals surface area contributed by atoms with Crippen LogP contribution in [0.2, 0.25) is 0 Å². The van der Waals surface area contributed by atoms with E-state index in [0.717, 1.165) is 31.5 Å².